The number of nitrogens with zero attached hydrogens (tertiary/aromatic N) is 1. The van der Waals surface area contributed by atoms with Crippen molar-refractivity contribution in [2.24, 2.45) is 0 Å². The topological polar surface area (TPSA) is 30.9 Å². The van der Waals surface area contributed by atoms with Crippen LogP contribution in [0.25, 0.3) is 0 Å². The minimum absolute atomic E-state index is 0.169. The smallest absolute Gasteiger partial charge is 0.188 e. The Morgan fingerprint density at radius 2 is 1.88 bits per heavy atom. The highest BCUT2D eigenvalue weighted by molar-refractivity contribution is 5.48. The summed E-state index contributed by atoms with van der Waals surface area (Å²) in [7, 11) is 1.63. The highest BCUT2D eigenvalue weighted by Gasteiger charge is 2.43. The maximum Gasteiger partial charge on any atom is 0.188 e. The molecule has 1 spiro atoms. The van der Waals surface area contributed by atoms with E-state index in [2.05, 4.69) is 41.3 Å². The van der Waals surface area contributed by atoms with Gasteiger partial charge in [0, 0.05) is 30.7 Å². The highest BCUT2D eigenvalue weighted by atomic mass is 16.7. The van der Waals surface area contributed by atoms with Gasteiger partial charge in [0.1, 0.15) is 11.5 Å². The number of likely N-dealkylation sites (tertiary alicyclic amines) is 1. The van der Waals surface area contributed by atoms with Crippen LogP contribution in [-0.4, -0.2) is 38.5 Å². The zero-order chi connectivity index (χ0) is 17.1. The van der Waals surface area contributed by atoms with Crippen molar-refractivity contribution in [2.75, 3.05) is 33.6 Å². The van der Waals surface area contributed by atoms with Gasteiger partial charge in [0.05, 0.1) is 6.61 Å². The number of hydrogen-bond donors (Lipinski definition) is 0. The average Bonchev–Trinajstić information content (AvgIpc) is 3.01. The molecule has 1 saturated heterocycles. The van der Waals surface area contributed by atoms with Crippen LogP contribution in [0.3, 0.4) is 0 Å². The van der Waals surface area contributed by atoms with Gasteiger partial charge in [-0.2, -0.15) is 0 Å². The molecule has 4 heteroatoms. The number of benzene rings is 2. The quantitative estimate of drug-likeness (QED) is 0.779. The predicted molar refractivity (Wildman–Crippen MR) is 97.1 cm³/mol. The summed E-state index contributed by atoms with van der Waals surface area (Å²) in [6, 6.07) is 16.9. The maximum absolute atomic E-state index is 6.03. The van der Waals surface area contributed by atoms with Gasteiger partial charge in [-0.25, -0.2) is 0 Å². The Bertz CT molecular complexity index is 708. The number of fused-ring (bicyclic) bond motifs is 2. The molecule has 0 atom stereocenters. The molecule has 2 heterocycles. The SMILES string of the molecule is COCOc1ccc2c(c1)OCC21CCN(Cc2ccccc2)CC1. The summed E-state index contributed by atoms with van der Waals surface area (Å²) >= 11 is 0. The van der Waals surface area contributed by atoms with Gasteiger partial charge in [0.2, 0.25) is 0 Å². The summed E-state index contributed by atoms with van der Waals surface area (Å²) in [5, 5.41) is 0. The van der Waals surface area contributed by atoms with Crippen LogP contribution in [0.1, 0.15) is 24.0 Å². The number of methoxy groups -OCH3 is 1. The fourth-order valence-corrected chi connectivity index (χ4v) is 3.97. The van der Waals surface area contributed by atoms with Gasteiger partial charge >= 0.3 is 0 Å². The molecule has 0 N–H and O–H groups in total. The lowest BCUT2D eigenvalue weighted by Gasteiger charge is -2.38. The summed E-state index contributed by atoms with van der Waals surface area (Å²) in [5.74, 6) is 1.78. The van der Waals surface area contributed by atoms with E-state index in [0.29, 0.717) is 0 Å². The first kappa shape index (κ1) is 16.4. The van der Waals surface area contributed by atoms with E-state index in [1.165, 1.54) is 11.1 Å². The minimum atomic E-state index is 0.169. The van der Waals surface area contributed by atoms with Crippen LogP contribution >= 0.6 is 0 Å². The Labute approximate surface area is 149 Å². The summed E-state index contributed by atoms with van der Waals surface area (Å²) in [6.45, 7) is 4.31. The van der Waals surface area contributed by atoms with Crippen molar-refractivity contribution in [3.8, 4) is 11.5 Å². The molecule has 0 bridgehead atoms. The summed E-state index contributed by atoms with van der Waals surface area (Å²) in [4.78, 5) is 2.55. The van der Waals surface area contributed by atoms with Crippen molar-refractivity contribution in [3.05, 3.63) is 59.7 Å². The van der Waals surface area contributed by atoms with Crippen molar-refractivity contribution < 1.29 is 14.2 Å². The van der Waals surface area contributed by atoms with E-state index in [1.54, 1.807) is 7.11 Å². The molecule has 4 rings (SSSR count). The fourth-order valence-electron chi connectivity index (χ4n) is 3.97. The van der Waals surface area contributed by atoms with E-state index in [-0.39, 0.29) is 12.2 Å². The second kappa shape index (κ2) is 7.06. The first-order valence-corrected chi connectivity index (χ1v) is 8.94. The van der Waals surface area contributed by atoms with Crippen molar-refractivity contribution in [2.45, 2.75) is 24.8 Å². The number of rotatable bonds is 5. The third-order valence-electron chi connectivity index (χ3n) is 5.43. The van der Waals surface area contributed by atoms with Crippen LogP contribution in [0.5, 0.6) is 11.5 Å². The molecule has 4 nitrogen and oxygen atoms in total. The minimum Gasteiger partial charge on any atom is -0.492 e. The molecular weight excluding hydrogens is 314 g/mol. The molecule has 0 unspecified atom stereocenters. The number of ether oxygens (including phenoxy) is 3. The molecule has 132 valence electrons. The number of hydrogen-bond acceptors (Lipinski definition) is 4. The molecule has 2 aliphatic rings. The maximum atomic E-state index is 6.03. The zero-order valence-corrected chi connectivity index (χ0v) is 14.7. The van der Waals surface area contributed by atoms with E-state index < -0.39 is 0 Å². The molecule has 0 aromatic heterocycles. The van der Waals surface area contributed by atoms with Crippen molar-refractivity contribution in [1.29, 1.82) is 0 Å². The second-order valence-electron chi connectivity index (χ2n) is 7.04. The van der Waals surface area contributed by atoms with Crippen LogP contribution in [0.2, 0.25) is 0 Å². The monoisotopic (exact) mass is 339 g/mol. The Balaban J connectivity index is 1.42. The van der Waals surface area contributed by atoms with E-state index in [9.17, 15) is 0 Å². The van der Waals surface area contributed by atoms with Gasteiger partial charge in [-0.3, -0.25) is 4.90 Å². The van der Waals surface area contributed by atoms with E-state index in [1.807, 2.05) is 12.1 Å². The third-order valence-corrected chi connectivity index (χ3v) is 5.43. The molecule has 2 aromatic carbocycles. The Morgan fingerprint density at radius 1 is 1.08 bits per heavy atom. The van der Waals surface area contributed by atoms with Crippen LogP contribution < -0.4 is 9.47 Å². The summed E-state index contributed by atoms with van der Waals surface area (Å²) in [5.41, 5.74) is 2.90. The van der Waals surface area contributed by atoms with Crippen molar-refractivity contribution in [3.63, 3.8) is 0 Å². The normalized spacial score (nSPS) is 18.8. The zero-order valence-electron chi connectivity index (χ0n) is 14.7. The van der Waals surface area contributed by atoms with Gasteiger partial charge in [-0.1, -0.05) is 36.4 Å². The lowest BCUT2D eigenvalue weighted by Crippen LogP contribution is -2.43. The second-order valence-corrected chi connectivity index (χ2v) is 7.04. The molecule has 25 heavy (non-hydrogen) atoms. The fraction of sp³-hybridized carbons (Fsp3) is 0.429. The van der Waals surface area contributed by atoms with Crippen LogP contribution in [0.15, 0.2) is 48.5 Å². The predicted octanol–water partition coefficient (Wildman–Crippen LogP) is 3.60. The number of piperidine rings is 1. The molecule has 0 amide bonds. The van der Waals surface area contributed by atoms with E-state index in [4.69, 9.17) is 14.2 Å². The molecule has 0 aliphatic carbocycles. The van der Waals surface area contributed by atoms with Gasteiger partial charge in [0.25, 0.3) is 0 Å². The summed E-state index contributed by atoms with van der Waals surface area (Å²) < 4.78 is 16.5. The lowest BCUT2D eigenvalue weighted by atomic mass is 9.74. The van der Waals surface area contributed by atoms with Gasteiger partial charge in [-0.15, -0.1) is 0 Å². The molecule has 0 saturated carbocycles. The van der Waals surface area contributed by atoms with Crippen LogP contribution in [0.4, 0.5) is 0 Å². The molecule has 2 aliphatic heterocycles. The highest BCUT2D eigenvalue weighted by Crippen LogP contribution is 2.46. The van der Waals surface area contributed by atoms with Crippen LogP contribution in [-0.2, 0) is 16.7 Å². The Hall–Kier alpha value is -2.04. The first-order valence-electron chi connectivity index (χ1n) is 8.94. The molecule has 2 aromatic rings. The lowest BCUT2D eigenvalue weighted by molar-refractivity contribution is 0.0510. The van der Waals surface area contributed by atoms with Gasteiger partial charge in [0.15, 0.2) is 6.79 Å². The van der Waals surface area contributed by atoms with Gasteiger partial charge < -0.3 is 14.2 Å². The van der Waals surface area contributed by atoms with Crippen molar-refractivity contribution in [1.82, 2.24) is 4.90 Å². The van der Waals surface area contributed by atoms with E-state index in [0.717, 1.165) is 50.6 Å². The van der Waals surface area contributed by atoms with E-state index >= 15 is 0 Å². The van der Waals surface area contributed by atoms with Gasteiger partial charge in [-0.05, 0) is 37.6 Å². The third kappa shape index (κ3) is 3.37. The molecular formula is C21H25NO3. The molecule has 1 fully saturated rings. The summed E-state index contributed by atoms with van der Waals surface area (Å²) in [6.07, 6.45) is 2.29. The largest absolute Gasteiger partial charge is 0.492 e. The molecule has 0 radical (unpaired) electrons. The standard InChI is InChI=1S/C21H25NO3/c1-23-16-25-18-7-8-19-20(13-18)24-15-21(19)9-11-22(12-10-21)14-17-5-3-2-4-6-17/h2-8,13H,9-12,14-16H2,1H3. The average molecular weight is 339 g/mol. The Kier molecular flexibility index (Phi) is 4.64. The first-order chi connectivity index (χ1) is 12.3. The van der Waals surface area contributed by atoms with Crippen molar-refractivity contribution >= 4 is 0 Å². The Morgan fingerprint density at radius 3 is 2.64 bits per heavy atom. The van der Waals surface area contributed by atoms with Crippen LogP contribution in [0, 0.1) is 0 Å².